The molecule has 5 amide bonds. The van der Waals surface area contributed by atoms with Crippen LogP contribution in [0.1, 0.15) is 94.1 Å². The second-order valence-electron chi connectivity index (χ2n) is 16.4. The van der Waals surface area contributed by atoms with Gasteiger partial charge in [0.15, 0.2) is 0 Å². The molecule has 0 bridgehead atoms. The highest BCUT2D eigenvalue weighted by atomic mass is 16.5. The van der Waals surface area contributed by atoms with Crippen LogP contribution >= 0.6 is 0 Å². The Kier molecular flexibility index (Phi) is 14.1. The lowest BCUT2D eigenvalue weighted by Crippen LogP contribution is -2.48. The first-order valence-electron chi connectivity index (χ1n) is 21.1. The van der Waals surface area contributed by atoms with Crippen LogP contribution in [0.5, 0.6) is 11.5 Å². The summed E-state index contributed by atoms with van der Waals surface area (Å²) in [7, 11) is 1.45. The molecule has 0 spiro atoms. The summed E-state index contributed by atoms with van der Waals surface area (Å²) in [6.45, 7) is 14.5. The second kappa shape index (κ2) is 19.5. The summed E-state index contributed by atoms with van der Waals surface area (Å²) in [4.78, 5) is 74.4. The molecule has 6 rings (SSSR count). The highest BCUT2D eigenvalue weighted by Crippen LogP contribution is 2.33. The van der Waals surface area contributed by atoms with Crippen molar-refractivity contribution in [2.75, 3.05) is 30.9 Å². The Morgan fingerprint density at radius 2 is 1.20 bits per heavy atom. The number of nitrogens with one attached hydrogen (secondary N) is 3. The second-order valence-corrected chi connectivity index (χ2v) is 16.4. The molecule has 2 aromatic carbocycles. The number of hydrogen-bond acceptors (Lipinski definition) is 12. The molecule has 6 aromatic rings. The Morgan fingerprint density at radius 3 is 1.63 bits per heavy atom. The lowest BCUT2D eigenvalue weighted by atomic mass is 9.87. The zero-order chi connectivity index (χ0) is 47.3. The third-order valence-corrected chi connectivity index (χ3v) is 10.6. The molecule has 0 saturated heterocycles. The number of ether oxygens (including phenoxy) is 2. The third-order valence-electron chi connectivity index (χ3n) is 10.6. The van der Waals surface area contributed by atoms with Crippen molar-refractivity contribution in [2.45, 2.75) is 87.1 Å². The number of imidazole rings is 2. The van der Waals surface area contributed by atoms with Crippen LogP contribution in [0, 0.1) is 19.3 Å². The Labute approximate surface area is 374 Å². The highest BCUT2D eigenvalue weighted by Gasteiger charge is 2.27. The van der Waals surface area contributed by atoms with Gasteiger partial charge in [0.25, 0.3) is 11.8 Å². The summed E-state index contributed by atoms with van der Waals surface area (Å²) in [5.41, 5.74) is 20.9. The maximum absolute atomic E-state index is 13.8. The van der Waals surface area contributed by atoms with Gasteiger partial charge in [-0.2, -0.15) is 10.2 Å². The van der Waals surface area contributed by atoms with Gasteiger partial charge in [0, 0.05) is 43.9 Å². The molecule has 0 aliphatic carbocycles. The predicted octanol–water partition coefficient (Wildman–Crippen LogP) is 3.66. The van der Waals surface area contributed by atoms with E-state index in [0.717, 1.165) is 0 Å². The lowest BCUT2D eigenvalue weighted by molar-refractivity contribution is -0.124. The summed E-state index contributed by atoms with van der Waals surface area (Å²) in [5.74, 6) is -1.77. The molecular formula is C44H56N14O7. The molecule has 0 aliphatic rings. The molecule has 9 N–H and O–H groups in total. The molecule has 0 aliphatic heterocycles. The molecule has 344 valence electrons. The number of rotatable bonds is 19. The van der Waals surface area contributed by atoms with E-state index in [2.05, 4.69) is 31.1 Å². The molecule has 21 nitrogen and oxygen atoms in total. The number of methoxy groups -OCH3 is 1. The van der Waals surface area contributed by atoms with Crippen LogP contribution in [0.25, 0.3) is 22.1 Å². The summed E-state index contributed by atoms with van der Waals surface area (Å²) in [6.07, 6.45) is 4.02. The number of aryl methyl sites for hydroxylation is 4. The molecule has 0 fully saturated rings. The smallest absolute Gasteiger partial charge is 0.276 e. The average molecular weight is 893 g/mol. The van der Waals surface area contributed by atoms with Gasteiger partial charge in [-0.05, 0) is 75.9 Å². The molecule has 0 radical (unpaired) electrons. The number of nitrogens with two attached hydrogens (primary N) is 3. The Morgan fingerprint density at radius 1 is 0.738 bits per heavy atom. The number of benzene rings is 2. The molecular weight excluding hydrogens is 837 g/mol. The zero-order valence-corrected chi connectivity index (χ0v) is 37.8. The first kappa shape index (κ1) is 46.9. The third kappa shape index (κ3) is 10.3. The lowest BCUT2D eigenvalue weighted by Gasteiger charge is -2.25. The Balaban J connectivity index is 1.37. The predicted molar refractivity (Wildman–Crippen MR) is 244 cm³/mol. The molecule has 21 heteroatoms. The molecule has 65 heavy (non-hydrogen) atoms. The molecule has 4 heterocycles. The van der Waals surface area contributed by atoms with Gasteiger partial charge in [-0.1, -0.05) is 32.9 Å². The van der Waals surface area contributed by atoms with Crippen LogP contribution in [0.3, 0.4) is 0 Å². The fourth-order valence-electron chi connectivity index (χ4n) is 7.16. The largest absolute Gasteiger partial charge is 0.494 e. The summed E-state index contributed by atoms with van der Waals surface area (Å²) >= 11 is 0. The topological polar surface area (TPSA) is 289 Å². The van der Waals surface area contributed by atoms with Gasteiger partial charge >= 0.3 is 0 Å². The molecule has 0 unspecified atom stereocenters. The SMILES string of the molecule is CCn1nc(C)cc1C(=O)Nc1nc2cc(C(N)=O)cc(OC)c2n1C/C=C/Cn1c(NC(=O)c2cc(C)nn2CC)nc2cc(C(N)=O)cc(OCCCNC(=O)[C@@H](N)C(C)(C)C)c21. The van der Waals surface area contributed by atoms with E-state index in [1.54, 1.807) is 44.5 Å². The number of allylic oxidation sites excluding steroid dienone is 2. The molecule has 0 saturated carbocycles. The average Bonchev–Trinajstić information content (AvgIpc) is 4.02. The van der Waals surface area contributed by atoms with E-state index in [-0.39, 0.29) is 60.9 Å². The van der Waals surface area contributed by atoms with Gasteiger partial charge in [0.2, 0.25) is 29.6 Å². The zero-order valence-electron chi connectivity index (χ0n) is 37.8. The Hall–Kier alpha value is -7.55. The van der Waals surface area contributed by atoms with E-state index in [1.807, 2.05) is 46.8 Å². The first-order valence-corrected chi connectivity index (χ1v) is 21.1. The number of carbonyl (C=O) groups is 5. The van der Waals surface area contributed by atoms with Gasteiger partial charge in [0.1, 0.15) is 33.9 Å². The van der Waals surface area contributed by atoms with Gasteiger partial charge in [-0.25, -0.2) is 9.97 Å². The Bertz CT molecular complexity index is 2820. The number of hydrogen-bond donors (Lipinski definition) is 6. The first-order chi connectivity index (χ1) is 30.8. The summed E-state index contributed by atoms with van der Waals surface area (Å²) in [6, 6.07) is 8.68. The quantitative estimate of drug-likeness (QED) is 0.0502. The van der Waals surface area contributed by atoms with E-state index >= 15 is 0 Å². The van der Waals surface area contributed by atoms with Gasteiger partial charge < -0.3 is 41.1 Å². The van der Waals surface area contributed by atoms with Crippen molar-refractivity contribution in [1.82, 2.24) is 44.0 Å². The fourth-order valence-corrected chi connectivity index (χ4v) is 7.16. The van der Waals surface area contributed by atoms with Gasteiger partial charge in [-0.3, -0.25) is 44.0 Å². The molecule has 1 atom stereocenters. The minimum Gasteiger partial charge on any atom is -0.494 e. The van der Waals surface area contributed by atoms with Crippen LogP contribution in [0.4, 0.5) is 11.9 Å². The van der Waals surface area contributed by atoms with Crippen LogP contribution in [-0.2, 0) is 31.0 Å². The van der Waals surface area contributed by atoms with Crippen molar-refractivity contribution in [1.29, 1.82) is 0 Å². The van der Waals surface area contributed by atoms with E-state index in [4.69, 9.17) is 31.7 Å². The van der Waals surface area contributed by atoms with Crippen molar-refractivity contribution in [3.63, 3.8) is 0 Å². The van der Waals surface area contributed by atoms with E-state index in [0.29, 0.717) is 70.1 Å². The minimum atomic E-state index is -0.717. The highest BCUT2D eigenvalue weighted by molar-refractivity contribution is 6.05. The normalized spacial score (nSPS) is 12.2. The standard InChI is InChI=1S/C44H56N14O7/c1-9-57-30(18-24(3)53-57)39(61)51-42-49-28-20-26(37(46)59)22-32(64-8)34(28)55(42)15-11-12-16-56-35-29(50-43(56)52-40(62)31-19-25(4)54-58(31)10-2)21-27(38(47)60)23-33(35)65-17-13-14-48-41(63)36(45)44(5,6)7/h11-12,18-23,36H,9-10,13-17,45H2,1-8H3,(H2,46,59)(H2,47,60)(H,48,63)(H,49,51,61)(H,50,52,62)/b12-11+/t36-/m1/s1. The van der Waals surface area contributed by atoms with E-state index < -0.39 is 35.1 Å². The number of carbonyl (C=O) groups excluding carboxylic acids is 5. The van der Waals surface area contributed by atoms with Crippen LogP contribution in [0.15, 0.2) is 48.6 Å². The van der Waals surface area contributed by atoms with Crippen LogP contribution in [0.2, 0.25) is 0 Å². The maximum Gasteiger partial charge on any atom is 0.276 e. The number of aromatic nitrogens is 8. The fraction of sp³-hybridized carbons (Fsp3) is 0.386. The maximum atomic E-state index is 13.8. The number of primary amides is 2. The van der Waals surface area contributed by atoms with Crippen molar-refractivity contribution >= 4 is 63.5 Å². The van der Waals surface area contributed by atoms with Gasteiger partial charge in [0.05, 0.1) is 42.2 Å². The summed E-state index contributed by atoms with van der Waals surface area (Å²) in [5, 5.41) is 17.5. The van der Waals surface area contributed by atoms with Crippen molar-refractivity contribution < 1.29 is 33.4 Å². The van der Waals surface area contributed by atoms with E-state index in [9.17, 15) is 24.0 Å². The van der Waals surface area contributed by atoms with Crippen molar-refractivity contribution in [2.24, 2.45) is 22.6 Å². The van der Waals surface area contributed by atoms with Crippen LogP contribution in [-0.4, -0.2) is 94.5 Å². The number of amides is 5. The minimum absolute atomic E-state index is 0.109. The molecule has 4 aromatic heterocycles. The van der Waals surface area contributed by atoms with Gasteiger partial charge in [-0.15, -0.1) is 0 Å². The summed E-state index contributed by atoms with van der Waals surface area (Å²) < 4.78 is 18.6. The van der Waals surface area contributed by atoms with Crippen LogP contribution < -0.4 is 42.6 Å². The number of nitrogens with zero attached hydrogens (tertiary/aromatic N) is 8. The number of fused-ring (bicyclic) bond motifs is 2. The number of anilines is 2. The monoisotopic (exact) mass is 892 g/mol. The van der Waals surface area contributed by atoms with E-state index in [1.165, 1.54) is 31.4 Å². The van der Waals surface area contributed by atoms with Crippen molar-refractivity contribution in [3.8, 4) is 11.5 Å². The van der Waals surface area contributed by atoms with Crippen molar-refractivity contribution in [3.05, 3.63) is 82.5 Å².